The average Bonchev–Trinajstić information content (AvgIpc) is 2.86. The Bertz CT molecular complexity index is 1120. The average molecular weight is 525 g/mol. The largest absolute Gasteiger partial charge is 0.402 e. The number of fused-ring (bicyclic) bond motifs is 5. The van der Waals surface area contributed by atoms with Crippen LogP contribution in [0.5, 0.6) is 0 Å². The third kappa shape index (κ3) is 9.12. The van der Waals surface area contributed by atoms with Gasteiger partial charge in [-0.25, -0.2) is 0 Å². The van der Waals surface area contributed by atoms with Crippen LogP contribution < -0.4 is 27.8 Å². The first kappa shape index (κ1) is 29.7. The molecule has 0 spiro atoms. The Hall–Kier alpha value is -3.55. The monoisotopic (exact) mass is 524 g/mol. The van der Waals surface area contributed by atoms with Gasteiger partial charge in [-0.3, -0.25) is 9.59 Å². The summed E-state index contributed by atoms with van der Waals surface area (Å²) in [5, 5.41) is 9.69. The molecule has 4 atom stereocenters. The van der Waals surface area contributed by atoms with Gasteiger partial charge in [0.05, 0.1) is 12.1 Å². The van der Waals surface area contributed by atoms with E-state index in [9.17, 15) is 9.70 Å². The molecule has 1 aliphatic heterocycles. The van der Waals surface area contributed by atoms with Gasteiger partial charge in [-0.2, -0.15) is 0 Å². The number of amides is 2. The number of benzene rings is 2. The Balaban J connectivity index is 0.00000153. The summed E-state index contributed by atoms with van der Waals surface area (Å²) >= 11 is 0. The van der Waals surface area contributed by atoms with Gasteiger partial charge in [0.1, 0.15) is 5.69 Å². The van der Waals surface area contributed by atoms with E-state index in [1.54, 1.807) is 6.07 Å². The molecule has 0 fully saturated rings. The molecule has 37 heavy (non-hydrogen) atoms. The van der Waals surface area contributed by atoms with Crippen LogP contribution in [-0.2, 0) is 22.4 Å². The molecule has 4 bridgehead atoms. The highest BCUT2D eigenvalue weighted by atomic mass is 31.0. The van der Waals surface area contributed by atoms with Gasteiger partial charge in [0.2, 0.25) is 12.3 Å². The molecule has 2 aromatic rings. The fourth-order valence-corrected chi connectivity index (χ4v) is 4.53. The van der Waals surface area contributed by atoms with Gasteiger partial charge < -0.3 is 27.8 Å². The Morgan fingerprint density at radius 2 is 1.86 bits per heavy atom. The molecule has 0 saturated carbocycles. The van der Waals surface area contributed by atoms with Crippen LogP contribution in [-0.4, -0.2) is 36.6 Å². The molecule has 2 aromatic carbocycles. The zero-order valence-electron chi connectivity index (χ0n) is 21.0. The molecule has 0 radical (unpaired) electrons. The highest BCUT2D eigenvalue weighted by molar-refractivity contribution is 7.16. The lowest BCUT2D eigenvalue weighted by atomic mass is 9.95. The Morgan fingerprint density at radius 3 is 2.51 bits per heavy atom. The van der Waals surface area contributed by atoms with Crippen molar-refractivity contribution >= 4 is 27.2 Å². The SMILES string of the molecule is C=C(N)CC1Cc2cccc(c2)-c2ccc(N=O)c(c2)CC(N)C(=O)N[C@@H](CCCP)C(=C)N1.NC=O. The van der Waals surface area contributed by atoms with Crippen molar-refractivity contribution in [1.29, 1.82) is 0 Å². The first-order valence-electron chi connectivity index (χ1n) is 12.1. The van der Waals surface area contributed by atoms with Gasteiger partial charge in [-0.05, 0) is 71.4 Å². The lowest BCUT2D eigenvalue weighted by molar-refractivity contribution is -0.122. The summed E-state index contributed by atoms with van der Waals surface area (Å²) in [7, 11) is 2.71. The molecule has 3 rings (SSSR count). The first-order chi connectivity index (χ1) is 17.7. The van der Waals surface area contributed by atoms with Crippen molar-refractivity contribution in [1.82, 2.24) is 10.6 Å². The van der Waals surface area contributed by atoms with E-state index in [0.717, 1.165) is 35.7 Å². The normalized spacial score (nSPS) is 19.6. The second-order valence-corrected chi connectivity index (χ2v) is 9.58. The third-order valence-electron chi connectivity index (χ3n) is 6.03. The van der Waals surface area contributed by atoms with Crippen LogP contribution in [0.1, 0.15) is 30.4 Å². The maximum atomic E-state index is 13.0. The van der Waals surface area contributed by atoms with Crippen LogP contribution >= 0.6 is 9.24 Å². The number of rotatable bonds is 6. The van der Waals surface area contributed by atoms with Crippen molar-refractivity contribution in [2.75, 3.05) is 6.16 Å². The molecular weight excluding hydrogens is 487 g/mol. The number of nitrogens with one attached hydrogen (secondary N) is 2. The number of nitrogens with two attached hydrogens (primary N) is 3. The standard InChI is InChI=1S/C26H34N5O2P.CH3NO/c1-16(27)11-22-13-18-5-3-6-19(12-18)20-8-9-25(31-33)21(14-20)15-23(28)26(32)30-24(7-4-10-34)17(2)29-22;2-1-3/h3,5-6,8-9,12,14,22-24,29H,1-2,4,7,10-11,13,15,27-28,34H2,(H,30,32);1H,(H2,2,3)/t22?,23?,24-;/m0./s1. The van der Waals surface area contributed by atoms with E-state index >= 15 is 0 Å². The van der Waals surface area contributed by atoms with Crippen LogP contribution in [0.15, 0.2) is 72.2 Å². The van der Waals surface area contributed by atoms with Gasteiger partial charge in [-0.15, -0.1) is 14.1 Å². The number of carbonyl (C=O) groups excluding carboxylic acids is 2. The highest BCUT2D eigenvalue weighted by Gasteiger charge is 2.24. The van der Waals surface area contributed by atoms with Gasteiger partial charge in [-0.1, -0.05) is 43.5 Å². The molecule has 0 aliphatic carbocycles. The second-order valence-electron chi connectivity index (χ2n) is 9.01. The summed E-state index contributed by atoms with van der Waals surface area (Å²) in [6.07, 6.45) is 4.24. The molecule has 9 nitrogen and oxygen atoms in total. The molecular formula is C27H37N6O3P. The highest BCUT2D eigenvalue weighted by Crippen LogP contribution is 2.29. The Morgan fingerprint density at radius 1 is 1.16 bits per heavy atom. The fourth-order valence-electron chi connectivity index (χ4n) is 4.30. The number of nitrogens with zero attached hydrogens (tertiary/aromatic N) is 1. The third-order valence-corrected chi connectivity index (χ3v) is 6.44. The van der Waals surface area contributed by atoms with Crippen molar-refractivity contribution in [3.05, 3.63) is 83.1 Å². The predicted molar refractivity (Wildman–Crippen MR) is 153 cm³/mol. The van der Waals surface area contributed by atoms with E-state index in [1.807, 2.05) is 24.3 Å². The van der Waals surface area contributed by atoms with Crippen molar-refractivity contribution in [3.8, 4) is 11.1 Å². The van der Waals surface area contributed by atoms with E-state index in [1.165, 1.54) is 0 Å². The van der Waals surface area contributed by atoms with Gasteiger partial charge >= 0.3 is 0 Å². The molecule has 0 aromatic heterocycles. The first-order valence-corrected chi connectivity index (χ1v) is 12.9. The van der Waals surface area contributed by atoms with Crippen molar-refractivity contribution in [2.24, 2.45) is 22.4 Å². The number of carbonyl (C=O) groups is 2. The summed E-state index contributed by atoms with van der Waals surface area (Å²) in [6.45, 7) is 8.12. The summed E-state index contributed by atoms with van der Waals surface area (Å²) in [5.74, 6) is -0.297. The molecule has 198 valence electrons. The van der Waals surface area contributed by atoms with Crippen molar-refractivity contribution < 1.29 is 9.59 Å². The molecule has 1 heterocycles. The number of hydrogen-bond donors (Lipinski definition) is 5. The van der Waals surface area contributed by atoms with E-state index in [2.05, 4.69) is 56.1 Å². The summed E-state index contributed by atoms with van der Waals surface area (Å²) in [5.41, 5.74) is 21.7. The van der Waals surface area contributed by atoms with Crippen LogP contribution in [0.2, 0.25) is 0 Å². The van der Waals surface area contributed by atoms with Gasteiger partial charge in [0, 0.05) is 23.9 Å². The molecule has 3 unspecified atom stereocenters. The number of hydrogen-bond acceptors (Lipinski definition) is 7. The topological polar surface area (TPSA) is 166 Å². The summed E-state index contributed by atoms with van der Waals surface area (Å²) in [4.78, 5) is 33.0. The zero-order valence-corrected chi connectivity index (χ0v) is 22.1. The van der Waals surface area contributed by atoms with E-state index in [0.29, 0.717) is 35.5 Å². The Labute approximate surface area is 220 Å². The van der Waals surface area contributed by atoms with E-state index in [4.69, 9.17) is 16.3 Å². The molecule has 0 saturated heterocycles. The van der Waals surface area contributed by atoms with Crippen LogP contribution in [0.3, 0.4) is 0 Å². The minimum Gasteiger partial charge on any atom is -0.402 e. The molecule has 1 aliphatic rings. The van der Waals surface area contributed by atoms with Crippen molar-refractivity contribution in [2.45, 2.75) is 50.2 Å². The fraction of sp³-hybridized carbons (Fsp3) is 0.333. The summed E-state index contributed by atoms with van der Waals surface area (Å²) in [6, 6.07) is 12.5. The van der Waals surface area contributed by atoms with Crippen LogP contribution in [0.4, 0.5) is 5.69 Å². The van der Waals surface area contributed by atoms with E-state index in [-0.39, 0.29) is 30.8 Å². The predicted octanol–water partition coefficient (Wildman–Crippen LogP) is 2.75. The maximum Gasteiger partial charge on any atom is 0.237 e. The lowest BCUT2D eigenvalue weighted by Crippen LogP contribution is -2.49. The van der Waals surface area contributed by atoms with Gasteiger partial charge in [0.25, 0.3) is 0 Å². The lowest BCUT2D eigenvalue weighted by Gasteiger charge is -2.28. The minimum atomic E-state index is -0.835. The number of nitroso groups, excluding NO2 is 1. The Kier molecular flexibility index (Phi) is 11.9. The minimum absolute atomic E-state index is 0.0355. The van der Waals surface area contributed by atoms with Crippen LogP contribution in [0.25, 0.3) is 11.1 Å². The smallest absolute Gasteiger partial charge is 0.237 e. The molecule has 10 heteroatoms. The quantitative estimate of drug-likeness (QED) is 0.221. The van der Waals surface area contributed by atoms with Gasteiger partial charge in [0.15, 0.2) is 0 Å². The second kappa shape index (κ2) is 14.9. The molecule has 8 N–H and O–H groups in total. The summed E-state index contributed by atoms with van der Waals surface area (Å²) < 4.78 is 0. The van der Waals surface area contributed by atoms with E-state index < -0.39 is 6.04 Å². The maximum absolute atomic E-state index is 13.0. The molecule has 2 amide bonds. The zero-order chi connectivity index (χ0) is 27.4. The number of primary amides is 1. The van der Waals surface area contributed by atoms with Crippen LogP contribution in [0, 0.1) is 4.91 Å². The van der Waals surface area contributed by atoms with Crippen molar-refractivity contribution in [3.63, 3.8) is 0 Å².